The Morgan fingerprint density at radius 2 is 1.76 bits per heavy atom. The minimum absolute atomic E-state index is 0.0724. The lowest BCUT2D eigenvalue weighted by molar-refractivity contribution is -0.385. The molecule has 0 aromatic heterocycles. The first-order valence-corrected chi connectivity index (χ1v) is 10.5. The van der Waals surface area contributed by atoms with E-state index < -0.39 is 20.9 Å². The molecule has 0 fully saturated rings. The number of nitro benzene ring substituents is 1. The number of anilines is 1. The van der Waals surface area contributed by atoms with Gasteiger partial charge in [-0.25, -0.2) is 8.42 Å². The Balaban J connectivity index is 2.09. The zero-order valence-electron chi connectivity index (χ0n) is 16.5. The summed E-state index contributed by atoms with van der Waals surface area (Å²) in [4.78, 5) is 22.7. The van der Waals surface area contributed by atoms with Gasteiger partial charge >= 0.3 is 0 Å². The van der Waals surface area contributed by atoms with Crippen molar-refractivity contribution in [1.29, 1.82) is 0 Å². The Kier molecular flexibility index (Phi) is 7.24. The van der Waals surface area contributed by atoms with Crippen molar-refractivity contribution >= 4 is 33.4 Å². The average molecular weight is 417 g/mol. The van der Waals surface area contributed by atoms with Crippen LogP contribution in [0.15, 0.2) is 53.4 Å². The average Bonchev–Trinajstić information content (AvgIpc) is 2.68. The third-order valence-electron chi connectivity index (χ3n) is 4.32. The van der Waals surface area contributed by atoms with Crippen molar-refractivity contribution in [3.63, 3.8) is 0 Å². The largest absolute Gasteiger partial charge is 0.322 e. The molecule has 154 valence electrons. The molecule has 9 heteroatoms. The SMILES string of the molecule is CCN(CC)S(=O)(=O)c1ccc(/C=C/C(=O)Nc2ccc(C)c([N+](=O)[O-])c2)cc1. The number of hydrogen-bond acceptors (Lipinski definition) is 5. The van der Waals surface area contributed by atoms with Crippen LogP contribution in [-0.4, -0.2) is 36.6 Å². The van der Waals surface area contributed by atoms with Gasteiger partial charge in [0.15, 0.2) is 0 Å². The number of carbonyl (C=O) groups is 1. The fraction of sp³-hybridized carbons (Fsp3) is 0.250. The van der Waals surface area contributed by atoms with Crippen LogP contribution in [0.3, 0.4) is 0 Å². The molecule has 0 aliphatic carbocycles. The maximum atomic E-state index is 12.5. The molecule has 0 aliphatic rings. The Morgan fingerprint density at radius 1 is 1.14 bits per heavy atom. The third-order valence-corrected chi connectivity index (χ3v) is 6.39. The quantitative estimate of drug-likeness (QED) is 0.401. The van der Waals surface area contributed by atoms with E-state index >= 15 is 0 Å². The molecule has 0 spiro atoms. The highest BCUT2D eigenvalue weighted by atomic mass is 32.2. The number of amides is 1. The van der Waals surface area contributed by atoms with E-state index in [9.17, 15) is 23.3 Å². The second-order valence-electron chi connectivity index (χ2n) is 6.24. The zero-order chi connectivity index (χ0) is 21.6. The van der Waals surface area contributed by atoms with Gasteiger partial charge in [-0.1, -0.05) is 32.0 Å². The molecule has 0 atom stereocenters. The molecule has 0 saturated carbocycles. The van der Waals surface area contributed by atoms with Gasteiger partial charge in [-0.05, 0) is 36.8 Å². The van der Waals surface area contributed by atoms with Crippen molar-refractivity contribution in [3.8, 4) is 0 Å². The van der Waals surface area contributed by atoms with Crippen molar-refractivity contribution in [3.05, 3.63) is 69.8 Å². The first-order valence-electron chi connectivity index (χ1n) is 9.03. The summed E-state index contributed by atoms with van der Waals surface area (Å²) in [7, 11) is -3.53. The number of nitrogens with zero attached hydrogens (tertiary/aromatic N) is 2. The van der Waals surface area contributed by atoms with E-state index in [0.29, 0.717) is 29.9 Å². The summed E-state index contributed by atoms with van der Waals surface area (Å²) < 4.78 is 26.3. The molecule has 8 nitrogen and oxygen atoms in total. The molecule has 0 heterocycles. The summed E-state index contributed by atoms with van der Waals surface area (Å²) in [6, 6.07) is 10.7. The van der Waals surface area contributed by atoms with Gasteiger partial charge in [-0.15, -0.1) is 0 Å². The fourth-order valence-electron chi connectivity index (χ4n) is 2.70. The van der Waals surface area contributed by atoms with Gasteiger partial charge < -0.3 is 5.32 Å². The number of hydrogen-bond donors (Lipinski definition) is 1. The number of aryl methyl sites for hydroxylation is 1. The van der Waals surface area contributed by atoms with Gasteiger partial charge in [0.1, 0.15) is 0 Å². The molecule has 0 bridgehead atoms. The topological polar surface area (TPSA) is 110 Å². The van der Waals surface area contributed by atoms with Crippen molar-refractivity contribution in [2.45, 2.75) is 25.7 Å². The van der Waals surface area contributed by atoms with E-state index in [1.54, 1.807) is 45.0 Å². The van der Waals surface area contributed by atoms with Crippen LogP contribution in [0.2, 0.25) is 0 Å². The molecule has 0 saturated heterocycles. The highest BCUT2D eigenvalue weighted by Gasteiger charge is 2.20. The van der Waals surface area contributed by atoms with Crippen LogP contribution in [0.5, 0.6) is 0 Å². The number of benzene rings is 2. The van der Waals surface area contributed by atoms with Crippen LogP contribution in [-0.2, 0) is 14.8 Å². The van der Waals surface area contributed by atoms with Crippen molar-refractivity contribution in [2.24, 2.45) is 0 Å². The monoisotopic (exact) mass is 417 g/mol. The lowest BCUT2D eigenvalue weighted by Crippen LogP contribution is -2.30. The molecule has 1 N–H and O–H groups in total. The van der Waals surface area contributed by atoms with Crippen LogP contribution >= 0.6 is 0 Å². The molecule has 2 rings (SSSR count). The lowest BCUT2D eigenvalue weighted by atomic mass is 10.2. The molecular formula is C20H23N3O5S. The van der Waals surface area contributed by atoms with Gasteiger partial charge in [-0.2, -0.15) is 4.31 Å². The van der Waals surface area contributed by atoms with Crippen LogP contribution in [0.25, 0.3) is 6.08 Å². The summed E-state index contributed by atoms with van der Waals surface area (Å²) in [5, 5.41) is 13.5. The highest BCUT2D eigenvalue weighted by Crippen LogP contribution is 2.22. The second kappa shape index (κ2) is 9.44. The van der Waals surface area contributed by atoms with Gasteiger partial charge in [0.25, 0.3) is 5.69 Å². The van der Waals surface area contributed by atoms with Gasteiger partial charge in [0.2, 0.25) is 15.9 Å². The summed E-state index contributed by atoms with van der Waals surface area (Å²) in [6.07, 6.45) is 2.81. The predicted molar refractivity (Wildman–Crippen MR) is 112 cm³/mol. The maximum absolute atomic E-state index is 12.5. The van der Waals surface area contributed by atoms with Crippen LogP contribution in [0.1, 0.15) is 25.0 Å². The summed E-state index contributed by atoms with van der Waals surface area (Å²) >= 11 is 0. The minimum atomic E-state index is -3.53. The molecule has 0 unspecified atom stereocenters. The summed E-state index contributed by atoms with van der Waals surface area (Å²) in [6.45, 7) is 5.95. The summed E-state index contributed by atoms with van der Waals surface area (Å²) in [5.41, 5.74) is 1.39. The van der Waals surface area contributed by atoms with Crippen molar-refractivity contribution in [1.82, 2.24) is 4.31 Å². The number of nitrogens with one attached hydrogen (secondary N) is 1. The van der Waals surface area contributed by atoms with E-state index in [1.807, 2.05) is 0 Å². The predicted octanol–water partition coefficient (Wildman–Crippen LogP) is 3.59. The van der Waals surface area contributed by atoms with Crippen molar-refractivity contribution in [2.75, 3.05) is 18.4 Å². The zero-order valence-corrected chi connectivity index (χ0v) is 17.3. The number of carbonyl (C=O) groups excluding carboxylic acids is 1. The highest BCUT2D eigenvalue weighted by molar-refractivity contribution is 7.89. The Hall–Kier alpha value is -3.04. The standard InChI is InChI=1S/C20H23N3O5S/c1-4-22(5-2)29(27,28)18-11-7-16(8-12-18)9-13-20(24)21-17-10-6-15(3)19(14-17)23(25)26/h6-14H,4-5H2,1-3H3,(H,21,24)/b13-9+. The van der Waals surface area contributed by atoms with Gasteiger partial charge in [0, 0.05) is 36.5 Å². The smallest absolute Gasteiger partial charge is 0.274 e. The molecule has 0 aliphatic heterocycles. The van der Waals surface area contributed by atoms with E-state index in [2.05, 4.69) is 5.32 Å². The van der Waals surface area contributed by atoms with Crippen LogP contribution in [0, 0.1) is 17.0 Å². The van der Waals surface area contributed by atoms with Gasteiger partial charge in [-0.3, -0.25) is 14.9 Å². The second-order valence-corrected chi connectivity index (χ2v) is 8.18. The molecule has 29 heavy (non-hydrogen) atoms. The Bertz CT molecular complexity index is 1030. The van der Waals surface area contributed by atoms with E-state index in [-0.39, 0.29) is 10.6 Å². The molecule has 2 aromatic rings. The Labute approximate surface area is 170 Å². The van der Waals surface area contributed by atoms with Crippen LogP contribution < -0.4 is 5.32 Å². The molecule has 0 radical (unpaired) electrons. The normalized spacial score (nSPS) is 11.7. The maximum Gasteiger partial charge on any atom is 0.274 e. The lowest BCUT2D eigenvalue weighted by Gasteiger charge is -2.18. The fourth-order valence-corrected chi connectivity index (χ4v) is 4.16. The third kappa shape index (κ3) is 5.49. The number of rotatable bonds is 8. The van der Waals surface area contributed by atoms with E-state index in [0.717, 1.165) is 0 Å². The Morgan fingerprint density at radius 3 is 2.31 bits per heavy atom. The summed E-state index contributed by atoms with van der Waals surface area (Å²) in [5.74, 6) is -0.456. The first-order chi connectivity index (χ1) is 13.7. The van der Waals surface area contributed by atoms with E-state index in [1.165, 1.54) is 34.7 Å². The first kappa shape index (κ1) is 22.3. The van der Waals surface area contributed by atoms with Crippen molar-refractivity contribution < 1.29 is 18.1 Å². The molecule has 1 amide bonds. The number of nitro groups is 1. The van der Waals surface area contributed by atoms with Crippen LogP contribution in [0.4, 0.5) is 11.4 Å². The van der Waals surface area contributed by atoms with E-state index in [4.69, 9.17) is 0 Å². The number of sulfonamides is 1. The molecule has 2 aromatic carbocycles. The minimum Gasteiger partial charge on any atom is -0.322 e. The van der Waals surface area contributed by atoms with Gasteiger partial charge in [0.05, 0.1) is 9.82 Å². The molecular weight excluding hydrogens is 394 g/mol.